The van der Waals surface area contributed by atoms with Crippen LogP contribution in [-0.4, -0.2) is 0 Å². The van der Waals surface area contributed by atoms with Crippen LogP contribution in [0.1, 0.15) is 35.1 Å². The Morgan fingerprint density at radius 2 is 1.24 bits per heavy atom. The summed E-state index contributed by atoms with van der Waals surface area (Å²) in [6, 6.07) is 43.8. The van der Waals surface area contributed by atoms with Crippen LogP contribution in [0.15, 0.2) is 126 Å². The van der Waals surface area contributed by atoms with E-state index in [1.54, 1.807) is 0 Å². The van der Waals surface area contributed by atoms with Crippen molar-refractivity contribution in [1.82, 2.24) is 0 Å². The fourth-order valence-corrected chi connectivity index (χ4v) is 7.44. The van der Waals surface area contributed by atoms with Crippen LogP contribution in [0.2, 0.25) is 0 Å². The molecule has 0 radical (unpaired) electrons. The summed E-state index contributed by atoms with van der Waals surface area (Å²) in [5.74, 6) is 0.464. The van der Waals surface area contributed by atoms with Crippen LogP contribution < -0.4 is 0 Å². The lowest BCUT2D eigenvalue weighted by atomic mass is 9.93. The van der Waals surface area contributed by atoms with Gasteiger partial charge in [0.15, 0.2) is 0 Å². The van der Waals surface area contributed by atoms with Gasteiger partial charge in [0, 0.05) is 41.7 Å². The Labute approximate surface area is 243 Å². The molecule has 0 saturated heterocycles. The fraction of sp³-hybridized carbons (Fsp3) is 0.0769. The molecule has 0 fully saturated rings. The van der Waals surface area contributed by atoms with E-state index in [1.165, 1.54) is 53.0 Å². The van der Waals surface area contributed by atoms with Gasteiger partial charge in [-0.1, -0.05) is 110 Å². The van der Waals surface area contributed by atoms with Crippen LogP contribution in [0.4, 0.5) is 0 Å². The molecule has 0 aliphatic heterocycles. The van der Waals surface area contributed by atoms with Crippen molar-refractivity contribution in [2.24, 2.45) is 0 Å². The Kier molecular flexibility index (Phi) is 5.75. The number of hydrogen-bond donors (Lipinski definition) is 0. The maximum Gasteiger partial charge on any atom is 0.143 e. The maximum atomic E-state index is 6.56. The molecule has 2 heterocycles. The van der Waals surface area contributed by atoms with Gasteiger partial charge < -0.3 is 4.42 Å². The van der Waals surface area contributed by atoms with Crippen molar-refractivity contribution in [2.75, 3.05) is 0 Å². The molecular formula is C39H28OS. The Hall–Kier alpha value is -4.66. The Morgan fingerprint density at radius 3 is 2.05 bits per heavy atom. The molecule has 0 spiro atoms. The van der Waals surface area contributed by atoms with Crippen molar-refractivity contribution in [3.63, 3.8) is 0 Å². The standard InChI is InChI=1S/C39H28OS/c1-25(22-27-10-6-3-7-11-27)29-15-17-31-34-20-19-33-35(39(34)41-37(31)24-29)21-18-32-30-16-14-28(23-36(30)40-38(32)33)13-12-26-8-4-2-5-9-26/h2-21,23-25H,22H2,1H3/b13-12+. The van der Waals surface area contributed by atoms with Crippen LogP contribution in [0, 0.1) is 0 Å². The summed E-state index contributed by atoms with van der Waals surface area (Å²) in [4.78, 5) is 0. The monoisotopic (exact) mass is 544 g/mol. The van der Waals surface area contributed by atoms with E-state index in [1.807, 2.05) is 17.4 Å². The second-order valence-electron chi connectivity index (χ2n) is 11.0. The molecule has 0 aliphatic carbocycles. The number of thiophene rings is 1. The minimum absolute atomic E-state index is 0.464. The van der Waals surface area contributed by atoms with E-state index in [0.717, 1.165) is 28.5 Å². The van der Waals surface area contributed by atoms with Crippen LogP contribution in [0.25, 0.3) is 65.0 Å². The largest absolute Gasteiger partial charge is 0.455 e. The zero-order chi connectivity index (χ0) is 27.3. The highest BCUT2D eigenvalue weighted by Gasteiger charge is 2.16. The van der Waals surface area contributed by atoms with Gasteiger partial charge in [-0.2, -0.15) is 0 Å². The third-order valence-electron chi connectivity index (χ3n) is 8.34. The second-order valence-corrected chi connectivity index (χ2v) is 12.1. The van der Waals surface area contributed by atoms with Crippen LogP contribution in [-0.2, 0) is 6.42 Å². The number of benzene rings is 6. The Bertz CT molecular complexity index is 2230. The lowest BCUT2D eigenvalue weighted by Crippen LogP contribution is -1.97. The summed E-state index contributed by atoms with van der Waals surface area (Å²) in [5, 5.41) is 7.43. The molecule has 1 nitrogen and oxygen atoms in total. The molecule has 1 atom stereocenters. The number of rotatable bonds is 5. The number of hydrogen-bond acceptors (Lipinski definition) is 2. The van der Waals surface area contributed by atoms with Gasteiger partial charge in [0.05, 0.1) is 0 Å². The van der Waals surface area contributed by atoms with Crippen LogP contribution in [0.3, 0.4) is 0 Å². The second kappa shape index (κ2) is 9.76. The molecule has 0 aliphatic rings. The molecule has 0 N–H and O–H groups in total. The lowest BCUT2D eigenvalue weighted by Gasteiger charge is -2.12. The first kappa shape index (κ1) is 24.2. The van der Waals surface area contributed by atoms with E-state index in [-0.39, 0.29) is 0 Å². The van der Waals surface area contributed by atoms with Crippen LogP contribution >= 0.6 is 11.3 Å². The van der Waals surface area contributed by atoms with Crippen molar-refractivity contribution in [1.29, 1.82) is 0 Å². The van der Waals surface area contributed by atoms with Gasteiger partial charge in [-0.25, -0.2) is 0 Å². The third-order valence-corrected chi connectivity index (χ3v) is 9.54. The molecule has 1 unspecified atom stereocenters. The third kappa shape index (κ3) is 4.23. The summed E-state index contributed by atoms with van der Waals surface area (Å²) in [5.41, 5.74) is 7.00. The van der Waals surface area contributed by atoms with Gasteiger partial charge in [0.2, 0.25) is 0 Å². The molecule has 0 bridgehead atoms. The molecule has 41 heavy (non-hydrogen) atoms. The first-order valence-electron chi connectivity index (χ1n) is 14.2. The molecule has 8 rings (SSSR count). The van der Waals surface area contributed by atoms with Gasteiger partial charge in [-0.05, 0) is 64.9 Å². The lowest BCUT2D eigenvalue weighted by molar-refractivity contribution is 0.672. The van der Waals surface area contributed by atoms with E-state index < -0.39 is 0 Å². The first-order chi connectivity index (χ1) is 20.2. The molecule has 2 heteroatoms. The Morgan fingerprint density at radius 1 is 0.610 bits per heavy atom. The van der Waals surface area contributed by atoms with Crippen molar-refractivity contribution in [3.05, 3.63) is 144 Å². The number of fused-ring (bicyclic) bond motifs is 9. The molecule has 0 amide bonds. The highest BCUT2D eigenvalue weighted by Crippen LogP contribution is 2.43. The van der Waals surface area contributed by atoms with E-state index in [2.05, 4.69) is 134 Å². The SMILES string of the molecule is CC(Cc1ccccc1)c1ccc2c(c1)sc1c2ccc2c1ccc1c3ccc(/C=C/c4ccccc4)cc3oc12. The predicted molar refractivity (Wildman–Crippen MR) is 178 cm³/mol. The van der Waals surface area contributed by atoms with Gasteiger partial charge in [-0.3, -0.25) is 0 Å². The molecule has 8 aromatic rings. The van der Waals surface area contributed by atoms with Gasteiger partial charge >= 0.3 is 0 Å². The highest BCUT2D eigenvalue weighted by molar-refractivity contribution is 7.26. The predicted octanol–water partition coefficient (Wildman–Crippen LogP) is 11.6. The van der Waals surface area contributed by atoms with Gasteiger partial charge in [0.1, 0.15) is 11.2 Å². The van der Waals surface area contributed by atoms with Crippen molar-refractivity contribution < 1.29 is 4.42 Å². The summed E-state index contributed by atoms with van der Waals surface area (Å²) >= 11 is 1.90. The van der Waals surface area contributed by atoms with Gasteiger partial charge in [-0.15, -0.1) is 11.3 Å². The summed E-state index contributed by atoms with van der Waals surface area (Å²) < 4.78 is 9.24. The first-order valence-corrected chi connectivity index (χ1v) is 15.0. The molecule has 2 aromatic heterocycles. The minimum atomic E-state index is 0.464. The average molecular weight is 545 g/mol. The topological polar surface area (TPSA) is 13.1 Å². The summed E-state index contributed by atoms with van der Waals surface area (Å²) in [6.07, 6.45) is 5.34. The zero-order valence-corrected chi connectivity index (χ0v) is 23.6. The van der Waals surface area contributed by atoms with Crippen molar-refractivity contribution >= 4 is 76.4 Å². The van der Waals surface area contributed by atoms with E-state index >= 15 is 0 Å². The molecule has 0 saturated carbocycles. The minimum Gasteiger partial charge on any atom is -0.455 e. The van der Waals surface area contributed by atoms with Gasteiger partial charge in [0.25, 0.3) is 0 Å². The van der Waals surface area contributed by atoms with E-state index in [0.29, 0.717) is 5.92 Å². The quantitative estimate of drug-likeness (QED) is 0.196. The maximum absolute atomic E-state index is 6.56. The Balaban J connectivity index is 1.20. The smallest absolute Gasteiger partial charge is 0.143 e. The molecule has 196 valence electrons. The highest BCUT2D eigenvalue weighted by atomic mass is 32.1. The fourth-order valence-electron chi connectivity index (χ4n) is 6.16. The zero-order valence-electron chi connectivity index (χ0n) is 22.8. The van der Waals surface area contributed by atoms with Crippen molar-refractivity contribution in [2.45, 2.75) is 19.3 Å². The number of furan rings is 1. The van der Waals surface area contributed by atoms with E-state index in [4.69, 9.17) is 4.42 Å². The molecular weight excluding hydrogens is 516 g/mol. The normalized spacial score (nSPS) is 12.9. The summed E-state index contributed by atoms with van der Waals surface area (Å²) in [7, 11) is 0. The van der Waals surface area contributed by atoms with Crippen LogP contribution in [0.5, 0.6) is 0 Å². The average Bonchev–Trinajstić information content (AvgIpc) is 3.58. The summed E-state index contributed by atoms with van der Waals surface area (Å²) in [6.45, 7) is 2.33. The molecule has 6 aromatic carbocycles. The van der Waals surface area contributed by atoms with Crippen molar-refractivity contribution in [3.8, 4) is 0 Å². The van der Waals surface area contributed by atoms with E-state index in [9.17, 15) is 0 Å².